The first-order chi connectivity index (χ1) is 15.6. The predicted octanol–water partition coefficient (Wildman–Crippen LogP) is 3.74. The number of aromatic nitrogens is 1. The molecule has 170 valence electrons. The standard InChI is InChI=1S/C24H29ClN4O2S/c25-20-7-5-18(6-8-20)17-1-3-19(4-2-17)23(30)29-15-21(16-29)27-10-12-28(13-11-27)24(31)22-26-9-14-32-22/h5-9,14,17,19,21H,1-4,10-13,15-16H2. The van der Waals surface area contributed by atoms with Gasteiger partial charge in [0.05, 0.1) is 0 Å². The fourth-order valence-corrected chi connectivity index (χ4v) is 6.02. The van der Waals surface area contributed by atoms with Crippen LogP contribution in [0.3, 0.4) is 0 Å². The van der Waals surface area contributed by atoms with E-state index in [1.54, 1.807) is 6.20 Å². The van der Waals surface area contributed by atoms with Crippen LogP contribution in [-0.4, -0.2) is 76.8 Å². The van der Waals surface area contributed by atoms with Gasteiger partial charge < -0.3 is 9.80 Å². The summed E-state index contributed by atoms with van der Waals surface area (Å²) in [6.07, 6.45) is 5.78. The summed E-state index contributed by atoms with van der Waals surface area (Å²) >= 11 is 7.41. The average Bonchev–Trinajstić information content (AvgIpc) is 3.34. The Morgan fingerprint density at radius 1 is 0.938 bits per heavy atom. The van der Waals surface area contributed by atoms with Crippen molar-refractivity contribution in [2.45, 2.75) is 37.6 Å². The number of carbonyl (C=O) groups excluding carboxylic acids is 2. The molecule has 3 heterocycles. The van der Waals surface area contributed by atoms with Crippen molar-refractivity contribution < 1.29 is 9.59 Å². The molecule has 1 aliphatic carbocycles. The number of rotatable bonds is 4. The molecule has 1 saturated carbocycles. The molecule has 0 unspecified atom stereocenters. The number of hydrogen-bond acceptors (Lipinski definition) is 5. The van der Waals surface area contributed by atoms with E-state index < -0.39 is 0 Å². The first-order valence-electron chi connectivity index (χ1n) is 11.6. The van der Waals surface area contributed by atoms with Crippen LogP contribution in [0.5, 0.6) is 0 Å². The molecule has 2 amide bonds. The minimum atomic E-state index is 0.0410. The van der Waals surface area contributed by atoms with Crippen LogP contribution in [0.4, 0.5) is 0 Å². The van der Waals surface area contributed by atoms with Crippen LogP contribution in [-0.2, 0) is 4.79 Å². The minimum Gasteiger partial charge on any atom is -0.339 e. The summed E-state index contributed by atoms with van der Waals surface area (Å²) < 4.78 is 0. The number of hydrogen-bond donors (Lipinski definition) is 0. The maximum atomic E-state index is 13.0. The van der Waals surface area contributed by atoms with Gasteiger partial charge in [0.25, 0.3) is 5.91 Å². The maximum Gasteiger partial charge on any atom is 0.282 e. The van der Waals surface area contributed by atoms with Gasteiger partial charge in [-0.05, 0) is 49.3 Å². The fourth-order valence-electron chi connectivity index (χ4n) is 5.29. The molecule has 0 spiro atoms. The van der Waals surface area contributed by atoms with Gasteiger partial charge in [-0.15, -0.1) is 11.3 Å². The second-order valence-corrected chi connectivity index (χ2v) is 10.5. The Morgan fingerprint density at radius 2 is 1.62 bits per heavy atom. The Morgan fingerprint density at radius 3 is 2.25 bits per heavy atom. The van der Waals surface area contributed by atoms with E-state index in [-0.39, 0.29) is 11.8 Å². The van der Waals surface area contributed by atoms with E-state index in [4.69, 9.17) is 11.6 Å². The molecular formula is C24H29ClN4O2S. The molecule has 1 aromatic carbocycles. The van der Waals surface area contributed by atoms with Crippen molar-refractivity contribution >= 4 is 34.8 Å². The third-order valence-corrected chi connectivity index (χ3v) is 8.34. The van der Waals surface area contributed by atoms with Crippen LogP contribution >= 0.6 is 22.9 Å². The van der Waals surface area contributed by atoms with E-state index in [2.05, 4.69) is 22.0 Å². The second-order valence-electron chi connectivity index (χ2n) is 9.16. The molecule has 8 heteroatoms. The number of amides is 2. The van der Waals surface area contributed by atoms with E-state index >= 15 is 0 Å². The number of piperazine rings is 1. The van der Waals surface area contributed by atoms with Crippen LogP contribution in [0.2, 0.25) is 5.02 Å². The zero-order valence-corrected chi connectivity index (χ0v) is 19.7. The van der Waals surface area contributed by atoms with Gasteiger partial charge in [-0.1, -0.05) is 23.7 Å². The number of thiazole rings is 1. The molecule has 6 nitrogen and oxygen atoms in total. The molecule has 2 aromatic rings. The molecule has 32 heavy (non-hydrogen) atoms. The number of carbonyl (C=O) groups is 2. The predicted molar refractivity (Wildman–Crippen MR) is 126 cm³/mol. The van der Waals surface area contributed by atoms with Crippen molar-refractivity contribution in [3.63, 3.8) is 0 Å². The molecule has 0 atom stereocenters. The minimum absolute atomic E-state index is 0.0410. The third kappa shape index (κ3) is 4.56. The Labute approximate surface area is 198 Å². The van der Waals surface area contributed by atoms with E-state index in [0.717, 1.165) is 70.0 Å². The second kappa shape index (κ2) is 9.49. The lowest BCUT2D eigenvalue weighted by Crippen LogP contribution is -2.65. The van der Waals surface area contributed by atoms with Crippen LogP contribution in [0.1, 0.15) is 47.0 Å². The summed E-state index contributed by atoms with van der Waals surface area (Å²) in [5, 5.41) is 3.19. The van der Waals surface area contributed by atoms with Crippen LogP contribution in [0, 0.1) is 5.92 Å². The van der Waals surface area contributed by atoms with Gasteiger partial charge in [0.2, 0.25) is 5.91 Å². The van der Waals surface area contributed by atoms with E-state index in [1.807, 2.05) is 27.3 Å². The smallest absolute Gasteiger partial charge is 0.282 e. The van der Waals surface area contributed by atoms with E-state index in [0.29, 0.717) is 22.9 Å². The molecule has 0 N–H and O–H groups in total. The van der Waals surface area contributed by atoms with Crippen molar-refractivity contribution in [2.75, 3.05) is 39.3 Å². The Bertz CT molecular complexity index is 929. The molecule has 1 aromatic heterocycles. The van der Waals surface area contributed by atoms with Gasteiger partial charge in [-0.25, -0.2) is 4.98 Å². The zero-order chi connectivity index (χ0) is 22.1. The third-order valence-electron chi connectivity index (χ3n) is 7.32. The Balaban J connectivity index is 1.05. The maximum absolute atomic E-state index is 13.0. The largest absolute Gasteiger partial charge is 0.339 e. The van der Waals surface area contributed by atoms with Crippen molar-refractivity contribution in [1.82, 2.24) is 19.7 Å². The summed E-state index contributed by atoms with van der Waals surface area (Å²) in [5.41, 5.74) is 1.34. The average molecular weight is 473 g/mol. The highest BCUT2D eigenvalue weighted by Crippen LogP contribution is 2.37. The lowest BCUT2D eigenvalue weighted by atomic mass is 9.78. The summed E-state index contributed by atoms with van der Waals surface area (Å²) in [6, 6.07) is 8.60. The van der Waals surface area contributed by atoms with Crippen molar-refractivity contribution in [1.29, 1.82) is 0 Å². The topological polar surface area (TPSA) is 56.8 Å². The Hall–Kier alpha value is -1.96. The summed E-state index contributed by atoms with van der Waals surface area (Å²) in [5.74, 6) is 1.10. The quantitative estimate of drug-likeness (QED) is 0.680. The van der Waals surface area contributed by atoms with Gasteiger partial charge >= 0.3 is 0 Å². The molecule has 2 aliphatic heterocycles. The first-order valence-corrected chi connectivity index (χ1v) is 12.8. The molecular weight excluding hydrogens is 444 g/mol. The van der Waals surface area contributed by atoms with E-state index in [9.17, 15) is 9.59 Å². The van der Waals surface area contributed by atoms with Gasteiger partial charge in [0.15, 0.2) is 5.01 Å². The summed E-state index contributed by atoms with van der Waals surface area (Å²) in [4.78, 5) is 36.0. The van der Waals surface area contributed by atoms with Crippen LogP contribution < -0.4 is 0 Å². The van der Waals surface area contributed by atoms with Gasteiger partial charge in [-0.2, -0.15) is 0 Å². The highest BCUT2D eigenvalue weighted by molar-refractivity contribution is 7.11. The van der Waals surface area contributed by atoms with Gasteiger partial charge in [0.1, 0.15) is 0 Å². The molecule has 3 fully saturated rings. The summed E-state index contributed by atoms with van der Waals surface area (Å²) in [7, 11) is 0. The SMILES string of the molecule is O=C(c1nccs1)N1CCN(C2CN(C(=O)C3CCC(c4ccc(Cl)cc4)CC3)C2)CC1. The lowest BCUT2D eigenvalue weighted by molar-refractivity contribution is -0.144. The van der Waals surface area contributed by atoms with E-state index in [1.165, 1.54) is 16.9 Å². The van der Waals surface area contributed by atoms with Crippen molar-refractivity contribution in [3.8, 4) is 0 Å². The monoisotopic (exact) mass is 472 g/mol. The molecule has 0 radical (unpaired) electrons. The van der Waals surface area contributed by atoms with Crippen molar-refractivity contribution in [2.24, 2.45) is 5.92 Å². The van der Waals surface area contributed by atoms with Crippen LogP contribution in [0.25, 0.3) is 0 Å². The molecule has 2 saturated heterocycles. The fraction of sp³-hybridized carbons (Fsp3) is 0.542. The number of halogens is 1. The highest BCUT2D eigenvalue weighted by atomic mass is 35.5. The zero-order valence-electron chi connectivity index (χ0n) is 18.2. The van der Waals surface area contributed by atoms with Gasteiger partial charge in [-0.3, -0.25) is 14.5 Å². The molecule has 5 rings (SSSR count). The number of benzene rings is 1. The number of likely N-dealkylation sites (tertiary alicyclic amines) is 1. The van der Waals surface area contributed by atoms with Crippen molar-refractivity contribution in [3.05, 3.63) is 51.4 Å². The first kappa shape index (κ1) is 21.9. The lowest BCUT2D eigenvalue weighted by Gasteiger charge is -2.49. The van der Waals surface area contributed by atoms with Gasteiger partial charge in [0, 0.05) is 67.8 Å². The normalized spacial score (nSPS) is 24.9. The molecule has 0 bridgehead atoms. The highest BCUT2D eigenvalue weighted by Gasteiger charge is 2.39. The Kier molecular flexibility index (Phi) is 6.49. The van der Waals surface area contributed by atoms with Crippen LogP contribution in [0.15, 0.2) is 35.8 Å². The number of nitrogens with zero attached hydrogens (tertiary/aromatic N) is 4. The molecule has 3 aliphatic rings. The summed E-state index contributed by atoms with van der Waals surface area (Å²) in [6.45, 7) is 4.87.